The van der Waals surface area contributed by atoms with Crippen LogP contribution in [-0.4, -0.2) is 27.8 Å². The van der Waals surface area contributed by atoms with Gasteiger partial charge in [-0.15, -0.1) is 11.3 Å². The highest BCUT2D eigenvalue weighted by Gasteiger charge is 2.29. The first kappa shape index (κ1) is 16.3. The first-order valence-electron chi connectivity index (χ1n) is 8.03. The molecule has 1 aliphatic heterocycles. The van der Waals surface area contributed by atoms with Crippen molar-refractivity contribution in [2.75, 3.05) is 5.32 Å². The van der Waals surface area contributed by atoms with Gasteiger partial charge in [0.25, 0.3) is 5.91 Å². The van der Waals surface area contributed by atoms with E-state index in [4.69, 9.17) is 4.84 Å². The van der Waals surface area contributed by atoms with E-state index >= 15 is 0 Å². The third-order valence-corrected chi connectivity index (χ3v) is 4.70. The highest BCUT2D eigenvalue weighted by Crippen LogP contribution is 2.27. The van der Waals surface area contributed by atoms with E-state index in [9.17, 15) is 9.90 Å². The Balaban J connectivity index is 1.40. The van der Waals surface area contributed by atoms with Crippen molar-refractivity contribution in [2.45, 2.75) is 12.5 Å². The minimum Gasteiger partial charge on any atom is -0.508 e. The Hall–Kier alpha value is -3.19. The second-order valence-corrected chi connectivity index (χ2v) is 6.64. The Morgan fingerprint density at radius 2 is 1.96 bits per heavy atom. The predicted molar refractivity (Wildman–Crippen MR) is 100 cm³/mol. The lowest BCUT2D eigenvalue weighted by Crippen LogP contribution is -2.27. The summed E-state index contributed by atoms with van der Waals surface area (Å²) in [7, 11) is 0. The lowest BCUT2D eigenvalue weighted by atomic mass is 10.1. The quantitative estimate of drug-likeness (QED) is 0.739. The molecule has 130 valence electrons. The number of hydrogen-bond acceptors (Lipinski definition) is 6. The minimum absolute atomic E-state index is 0.172. The molecule has 0 fully saturated rings. The number of aromatic nitrogens is 1. The molecule has 1 unspecified atom stereocenters. The molecule has 1 amide bonds. The van der Waals surface area contributed by atoms with E-state index in [0.717, 1.165) is 16.8 Å². The van der Waals surface area contributed by atoms with E-state index in [2.05, 4.69) is 15.5 Å². The van der Waals surface area contributed by atoms with Gasteiger partial charge in [-0.1, -0.05) is 47.6 Å². The molecule has 2 aromatic carbocycles. The van der Waals surface area contributed by atoms with Crippen molar-refractivity contribution in [3.63, 3.8) is 0 Å². The van der Waals surface area contributed by atoms with Gasteiger partial charge in [-0.3, -0.25) is 10.1 Å². The molecule has 4 rings (SSSR count). The van der Waals surface area contributed by atoms with Crippen LogP contribution in [0.1, 0.15) is 12.0 Å². The Kier molecular flexibility index (Phi) is 4.37. The maximum absolute atomic E-state index is 12.4. The van der Waals surface area contributed by atoms with Gasteiger partial charge in [-0.25, -0.2) is 4.98 Å². The van der Waals surface area contributed by atoms with Crippen LogP contribution in [0.3, 0.4) is 0 Å². The summed E-state index contributed by atoms with van der Waals surface area (Å²) >= 11 is 1.32. The van der Waals surface area contributed by atoms with Crippen LogP contribution in [0, 0.1) is 0 Å². The van der Waals surface area contributed by atoms with Crippen molar-refractivity contribution in [3.05, 3.63) is 65.5 Å². The lowest BCUT2D eigenvalue weighted by molar-refractivity contribution is -0.125. The van der Waals surface area contributed by atoms with Crippen LogP contribution in [0.15, 0.2) is 65.1 Å². The summed E-state index contributed by atoms with van der Waals surface area (Å²) < 4.78 is 0. The van der Waals surface area contributed by atoms with Gasteiger partial charge in [0, 0.05) is 17.4 Å². The number of aromatic hydroxyl groups is 1. The topological polar surface area (TPSA) is 83.8 Å². The first-order valence-corrected chi connectivity index (χ1v) is 8.91. The number of phenolic OH excluding ortho intramolecular Hbond substituents is 1. The summed E-state index contributed by atoms with van der Waals surface area (Å²) in [5.41, 5.74) is 3.18. The third-order valence-electron chi connectivity index (χ3n) is 3.94. The van der Waals surface area contributed by atoms with E-state index in [0.29, 0.717) is 17.2 Å². The number of carbonyl (C=O) groups excluding carboxylic acids is 1. The van der Waals surface area contributed by atoms with E-state index in [1.807, 2.05) is 41.8 Å². The van der Waals surface area contributed by atoms with E-state index in [-0.39, 0.29) is 11.7 Å². The fraction of sp³-hybridized carbons (Fsp3) is 0.105. The number of oxime groups is 1. The standard InChI is InChI=1S/C19H15N3O3S/c23-14-8-4-7-13(9-14)16-11-26-19(20-16)21-18(24)17-10-15(22-25-17)12-5-2-1-3-6-12/h1-9,11,17,23H,10H2,(H,20,21,24). The van der Waals surface area contributed by atoms with Crippen molar-refractivity contribution in [1.29, 1.82) is 0 Å². The number of hydrogen-bond donors (Lipinski definition) is 2. The molecule has 0 saturated carbocycles. The molecule has 0 aliphatic carbocycles. The Labute approximate surface area is 153 Å². The molecule has 0 bridgehead atoms. The molecule has 0 saturated heterocycles. The van der Waals surface area contributed by atoms with E-state index < -0.39 is 6.10 Å². The Bertz CT molecular complexity index is 969. The predicted octanol–water partition coefficient (Wildman–Crippen LogP) is 3.65. The number of anilines is 1. The maximum atomic E-state index is 12.4. The number of carbonyl (C=O) groups is 1. The number of amides is 1. The molecule has 1 atom stereocenters. The van der Waals surface area contributed by atoms with Crippen molar-refractivity contribution in [2.24, 2.45) is 5.16 Å². The van der Waals surface area contributed by atoms with Crippen LogP contribution in [0.25, 0.3) is 11.3 Å². The van der Waals surface area contributed by atoms with Gasteiger partial charge in [-0.05, 0) is 17.7 Å². The molecule has 3 aromatic rings. The first-order chi connectivity index (χ1) is 12.7. The second kappa shape index (κ2) is 6.97. The molecule has 1 aliphatic rings. The minimum atomic E-state index is -0.668. The lowest BCUT2D eigenvalue weighted by Gasteiger charge is -2.07. The normalized spacial score (nSPS) is 16.0. The zero-order valence-electron chi connectivity index (χ0n) is 13.6. The number of nitrogens with one attached hydrogen (secondary N) is 1. The van der Waals surface area contributed by atoms with Crippen LogP contribution >= 0.6 is 11.3 Å². The van der Waals surface area contributed by atoms with Crippen LogP contribution in [0.2, 0.25) is 0 Å². The molecular weight excluding hydrogens is 350 g/mol. The number of thiazole rings is 1. The van der Waals surface area contributed by atoms with Crippen molar-refractivity contribution >= 4 is 28.1 Å². The highest BCUT2D eigenvalue weighted by atomic mass is 32.1. The largest absolute Gasteiger partial charge is 0.508 e. The van der Waals surface area contributed by atoms with Crippen LogP contribution in [-0.2, 0) is 9.63 Å². The summed E-state index contributed by atoms with van der Waals surface area (Å²) in [5, 5.41) is 18.7. The van der Waals surface area contributed by atoms with Gasteiger partial charge in [0.1, 0.15) is 5.75 Å². The molecular formula is C19H15N3O3S. The van der Waals surface area contributed by atoms with Crippen molar-refractivity contribution in [1.82, 2.24) is 4.98 Å². The monoisotopic (exact) mass is 365 g/mol. The smallest absolute Gasteiger partial charge is 0.270 e. The van der Waals surface area contributed by atoms with Crippen molar-refractivity contribution < 1.29 is 14.7 Å². The summed E-state index contributed by atoms with van der Waals surface area (Å²) in [6.45, 7) is 0. The zero-order valence-corrected chi connectivity index (χ0v) is 14.4. The summed E-state index contributed by atoms with van der Waals surface area (Å²) in [5.74, 6) is -0.109. The summed E-state index contributed by atoms with van der Waals surface area (Å²) in [6, 6.07) is 16.5. The second-order valence-electron chi connectivity index (χ2n) is 5.78. The van der Waals surface area contributed by atoms with Gasteiger partial charge in [-0.2, -0.15) is 0 Å². The van der Waals surface area contributed by atoms with Crippen LogP contribution < -0.4 is 5.32 Å². The molecule has 6 nitrogen and oxygen atoms in total. The molecule has 1 aromatic heterocycles. The summed E-state index contributed by atoms with van der Waals surface area (Å²) in [6.07, 6.45) is -0.251. The molecule has 26 heavy (non-hydrogen) atoms. The van der Waals surface area contributed by atoms with Gasteiger partial charge in [0.15, 0.2) is 5.13 Å². The fourth-order valence-corrected chi connectivity index (χ4v) is 3.36. The number of benzene rings is 2. The highest BCUT2D eigenvalue weighted by molar-refractivity contribution is 7.14. The molecule has 0 spiro atoms. The average Bonchev–Trinajstić information content (AvgIpc) is 3.32. The van der Waals surface area contributed by atoms with Gasteiger partial charge >= 0.3 is 0 Å². The average molecular weight is 365 g/mol. The number of nitrogens with zero attached hydrogens (tertiary/aromatic N) is 2. The molecule has 0 radical (unpaired) electrons. The SMILES string of the molecule is O=C(Nc1nc(-c2cccc(O)c2)cs1)C1CC(c2ccccc2)=NO1. The summed E-state index contributed by atoms with van der Waals surface area (Å²) in [4.78, 5) is 22.1. The maximum Gasteiger partial charge on any atom is 0.270 e. The third kappa shape index (κ3) is 3.43. The zero-order chi connectivity index (χ0) is 17.9. The Morgan fingerprint density at radius 3 is 2.77 bits per heavy atom. The fourth-order valence-electron chi connectivity index (χ4n) is 2.63. The molecule has 2 heterocycles. The van der Waals surface area contributed by atoms with Gasteiger partial charge in [0.2, 0.25) is 6.10 Å². The number of phenols is 1. The molecule has 7 heteroatoms. The van der Waals surface area contributed by atoms with Gasteiger partial charge in [0.05, 0.1) is 11.4 Å². The van der Waals surface area contributed by atoms with E-state index in [1.54, 1.807) is 18.2 Å². The van der Waals surface area contributed by atoms with Crippen molar-refractivity contribution in [3.8, 4) is 17.0 Å². The van der Waals surface area contributed by atoms with Crippen LogP contribution in [0.4, 0.5) is 5.13 Å². The Morgan fingerprint density at radius 1 is 1.15 bits per heavy atom. The van der Waals surface area contributed by atoms with Gasteiger partial charge < -0.3 is 9.94 Å². The van der Waals surface area contributed by atoms with E-state index in [1.165, 1.54) is 11.3 Å². The number of rotatable bonds is 4. The van der Waals surface area contributed by atoms with Crippen LogP contribution in [0.5, 0.6) is 5.75 Å². The molecule has 2 N–H and O–H groups in total.